The highest BCUT2D eigenvalue weighted by atomic mass is 32.1. The molecule has 0 saturated carbocycles. The summed E-state index contributed by atoms with van der Waals surface area (Å²) in [6.45, 7) is 0.541. The van der Waals surface area contributed by atoms with E-state index in [2.05, 4.69) is 31.6 Å². The Morgan fingerprint density at radius 3 is 2.89 bits per heavy atom. The third-order valence-corrected chi connectivity index (χ3v) is 3.50. The van der Waals surface area contributed by atoms with E-state index >= 15 is 0 Å². The maximum atomic E-state index is 11.9. The molecule has 100 valence electrons. The van der Waals surface area contributed by atoms with Gasteiger partial charge >= 0.3 is 0 Å². The van der Waals surface area contributed by atoms with Crippen molar-refractivity contribution in [3.8, 4) is 0 Å². The number of hydrogen-bond acceptors (Lipinski definition) is 5. The van der Waals surface area contributed by atoms with Crippen LogP contribution in [0.25, 0.3) is 0 Å². The lowest BCUT2D eigenvalue weighted by atomic mass is 10.1. The molecule has 2 aromatic rings. The van der Waals surface area contributed by atoms with Crippen LogP contribution in [0.4, 0.5) is 0 Å². The largest absolute Gasteiger partial charge is 0.349 e. The first-order valence-electron chi connectivity index (χ1n) is 5.91. The maximum Gasteiger partial charge on any atom is 0.271 e. The number of nitrogens with one attached hydrogen (secondary N) is 1. The van der Waals surface area contributed by atoms with Crippen molar-refractivity contribution in [1.29, 1.82) is 0 Å². The summed E-state index contributed by atoms with van der Waals surface area (Å²) in [6, 6.07) is 2.23. The van der Waals surface area contributed by atoms with E-state index in [-0.39, 0.29) is 11.9 Å². The van der Waals surface area contributed by atoms with Crippen molar-refractivity contribution >= 4 is 17.2 Å². The van der Waals surface area contributed by atoms with Gasteiger partial charge in [-0.05, 0) is 36.5 Å². The van der Waals surface area contributed by atoms with E-state index in [0.29, 0.717) is 12.2 Å². The molecule has 0 fully saturated rings. The highest BCUT2D eigenvalue weighted by molar-refractivity contribution is 7.07. The number of nitrogens with zero attached hydrogens (tertiary/aromatic N) is 3. The van der Waals surface area contributed by atoms with Crippen LogP contribution in [0.3, 0.4) is 0 Å². The van der Waals surface area contributed by atoms with E-state index in [0.717, 1.165) is 0 Å². The summed E-state index contributed by atoms with van der Waals surface area (Å²) in [5.41, 5.74) is 1.54. The minimum absolute atomic E-state index is 0.159. The molecule has 1 atom stereocenters. The quantitative estimate of drug-likeness (QED) is 0.900. The van der Waals surface area contributed by atoms with Crippen molar-refractivity contribution in [2.75, 3.05) is 20.6 Å². The molecule has 0 aromatic carbocycles. The highest BCUT2D eigenvalue weighted by Crippen LogP contribution is 2.19. The third kappa shape index (κ3) is 3.59. The standard InChI is InChI=1S/C13H16N4OS/c1-17(2)12(10-3-6-19-9-10)8-16-13(18)11-7-14-4-5-15-11/h3-7,9,12H,8H2,1-2H3,(H,16,18)/t12-/m0/s1. The first-order chi connectivity index (χ1) is 9.18. The van der Waals surface area contributed by atoms with E-state index in [1.807, 2.05) is 19.5 Å². The zero-order valence-electron chi connectivity index (χ0n) is 10.9. The number of likely N-dealkylation sites (N-methyl/N-ethyl adjacent to an activating group) is 1. The molecule has 0 aliphatic heterocycles. The molecular weight excluding hydrogens is 260 g/mol. The van der Waals surface area contributed by atoms with Gasteiger partial charge in [-0.1, -0.05) is 0 Å². The zero-order chi connectivity index (χ0) is 13.7. The number of carbonyl (C=O) groups is 1. The Balaban J connectivity index is 1.98. The Hall–Kier alpha value is -1.79. The van der Waals surface area contributed by atoms with Crippen molar-refractivity contribution in [1.82, 2.24) is 20.2 Å². The fourth-order valence-corrected chi connectivity index (χ4v) is 2.47. The predicted octanol–water partition coefficient (Wildman–Crippen LogP) is 1.57. The predicted molar refractivity (Wildman–Crippen MR) is 75.1 cm³/mol. The van der Waals surface area contributed by atoms with Gasteiger partial charge in [0.1, 0.15) is 5.69 Å². The Morgan fingerprint density at radius 2 is 2.32 bits per heavy atom. The molecule has 0 saturated heterocycles. The van der Waals surface area contributed by atoms with E-state index in [4.69, 9.17) is 0 Å². The van der Waals surface area contributed by atoms with Gasteiger partial charge in [-0.3, -0.25) is 9.78 Å². The monoisotopic (exact) mass is 276 g/mol. The molecule has 0 bridgehead atoms. The molecule has 2 heterocycles. The Bertz CT molecular complexity index is 513. The van der Waals surface area contributed by atoms with E-state index in [9.17, 15) is 4.79 Å². The van der Waals surface area contributed by atoms with Crippen LogP contribution >= 0.6 is 11.3 Å². The third-order valence-electron chi connectivity index (χ3n) is 2.80. The second kappa shape index (κ2) is 6.40. The van der Waals surface area contributed by atoms with Gasteiger partial charge in [-0.15, -0.1) is 0 Å². The Morgan fingerprint density at radius 1 is 1.47 bits per heavy atom. The molecule has 1 N–H and O–H groups in total. The normalized spacial score (nSPS) is 12.4. The topological polar surface area (TPSA) is 58.1 Å². The molecule has 2 aromatic heterocycles. The van der Waals surface area contributed by atoms with E-state index < -0.39 is 0 Å². The molecule has 0 aliphatic carbocycles. The molecule has 2 rings (SSSR count). The second-order valence-electron chi connectivity index (χ2n) is 4.34. The summed E-state index contributed by atoms with van der Waals surface area (Å²) in [5.74, 6) is -0.199. The van der Waals surface area contributed by atoms with Crippen LogP contribution in [-0.2, 0) is 0 Å². The summed E-state index contributed by atoms with van der Waals surface area (Å²) < 4.78 is 0. The van der Waals surface area contributed by atoms with E-state index in [1.165, 1.54) is 18.0 Å². The van der Waals surface area contributed by atoms with Gasteiger partial charge in [0.15, 0.2) is 0 Å². The number of amides is 1. The van der Waals surface area contributed by atoms with Crippen molar-refractivity contribution in [3.05, 3.63) is 46.7 Å². The molecule has 1 amide bonds. The summed E-state index contributed by atoms with van der Waals surface area (Å²) in [6.07, 6.45) is 4.52. The van der Waals surface area contributed by atoms with Crippen molar-refractivity contribution in [2.24, 2.45) is 0 Å². The smallest absolute Gasteiger partial charge is 0.271 e. The van der Waals surface area contributed by atoms with Crippen LogP contribution < -0.4 is 5.32 Å². The lowest BCUT2D eigenvalue weighted by Gasteiger charge is -2.23. The lowest BCUT2D eigenvalue weighted by molar-refractivity contribution is 0.0936. The van der Waals surface area contributed by atoms with Crippen LogP contribution in [0.1, 0.15) is 22.1 Å². The molecule has 0 radical (unpaired) electrons. The maximum absolute atomic E-state index is 11.9. The fraction of sp³-hybridized carbons (Fsp3) is 0.308. The summed E-state index contributed by atoms with van der Waals surface area (Å²) >= 11 is 1.65. The van der Waals surface area contributed by atoms with Gasteiger partial charge in [0.25, 0.3) is 5.91 Å². The summed E-state index contributed by atoms with van der Waals surface area (Å²) in [4.78, 5) is 21.9. The molecule has 0 aliphatic rings. The minimum atomic E-state index is -0.199. The van der Waals surface area contributed by atoms with Gasteiger partial charge < -0.3 is 10.2 Å². The number of hydrogen-bond donors (Lipinski definition) is 1. The number of aromatic nitrogens is 2. The van der Waals surface area contributed by atoms with Gasteiger partial charge in [0, 0.05) is 18.9 Å². The first-order valence-corrected chi connectivity index (χ1v) is 6.85. The van der Waals surface area contributed by atoms with E-state index in [1.54, 1.807) is 17.5 Å². The molecular formula is C13H16N4OS. The van der Waals surface area contributed by atoms with Gasteiger partial charge in [0.2, 0.25) is 0 Å². The number of rotatable bonds is 5. The Kier molecular flexibility index (Phi) is 4.59. The van der Waals surface area contributed by atoms with Gasteiger partial charge in [-0.25, -0.2) is 4.98 Å². The van der Waals surface area contributed by atoms with Crippen LogP contribution in [-0.4, -0.2) is 41.4 Å². The average molecular weight is 276 g/mol. The summed E-state index contributed by atoms with van der Waals surface area (Å²) in [7, 11) is 3.99. The van der Waals surface area contributed by atoms with Crippen molar-refractivity contribution in [3.63, 3.8) is 0 Å². The first kappa shape index (κ1) is 13.6. The minimum Gasteiger partial charge on any atom is -0.349 e. The lowest BCUT2D eigenvalue weighted by Crippen LogP contribution is -2.34. The molecule has 0 spiro atoms. The zero-order valence-corrected chi connectivity index (χ0v) is 11.7. The summed E-state index contributed by atoms with van der Waals surface area (Å²) in [5, 5.41) is 7.02. The van der Waals surface area contributed by atoms with Crippen LogP contribution in [0.5, 0.6) is 0 Å². The number of thiophene rings is 1. The molecule has 19 heavy (non-hydrogen) atoms. The molecule has 6 heteroatoms. The van der Waals surface area contributed by atoms with Crippen molar-refractivity contribution in [2.45, 2.75) is 6.04 Å². The van der Waals surface area contributed by atoms with Gasteiger partial charge in [0.05, 0.1) is 12.2 Å². The SMILES string of the molecule is CN(C)[C@@H](CNC(=O)c1cnccn1)c1ccsc1. The highest BCUT2D eigenvalue weighted by Gasteiger charge is 2.16. The van der Waals surface area contributed by atoms with Crippen molar-refractivity contribution < 1.29 is 4.79 Å². The van der Waals surface area contributed by atoms with Crippen LogP contribution in [0, 0.1) is 0 Å². The Labute approximate surface area is 116 Å². The van der Waals surface area contributed by atoms with Gasteiger partial charge in [-0.2, -0.15) is 11.3 Å². The molecule has 0 unspecified atom stereocenters. The average Bonchev–Trinajstić information content (AvgIpc) is 2.93. The van der Waals surface area contributed by atoms with Crippen LogP contribution in [0.15, 0.2) is 35.4 Å². The van der Waals surface area contributed by atoms with Crippen LogP contribution in [0.2, 0.25) is 0 Å². The second-order valence-corrected chi connectivity index (χ2v) is 5.12. The fourth-order valence-electron chi connectivity index (χ4n) is 1.76. The molecule has 5 nitrogen and oxygen atoms in total. The number of carbonyl (C=O) groups excluding carboxylic acids is 1.